The largest absolute Gasteiger partial charge is 0.479 e. The molecule has 0 heterocycles. The number of carbonyl (C=O) groups is 1. The molecular weight excluding hydrogens is 268 g/mol. The summed E-state index contributed by atoms with van der Waals surface area (Å²) >= 11 is 0. The highest BCUT2D eigenvalue weighted by Gasteiger charge is 2.28. The summed E-state index contributed by atoms with van der Waals surface area (Å²) in [5.41, 5.74) is -1.32. The Labute approximate surface area is 105 Å². The highest BCUT2D eigenvalue weighted by atomic mass is 19.3. The molecule has 0 aliphatic heterocycles. The van der Waals surface area contributed by atoms with Crippen molar-refractivity contribution < 1.29 is 33.4 Å². The first kappa shape index (κ1) is 14.8. The SMILES string of the molecule is Cc1c(C(O)C(=O)O)ccc(OC(F)F)c1[N+](=O)[O-]. The second kappa shape index (κ2) is 5.57. The first-order valence-electron chi connectivity index (χ1n) is 4.89. The number of carboxylic acids is 1. The third-order valence-electron chi connectivity index (χ3n) is 2.36. The van der Waals surface area contributed by atoms with Crippen LogP contribution in [0.15, 0.2) is 12.1 Å². The van der Waals surface area contributed by atoms with Gasteiger partial charge in [0.1, 0.15) is 0 Å². The van der Waals surface area contributed by atoms with Gasteiger partial charge in [0.25, 0.3) is 0 Å². The number of aliphatic hydroxyl groups is 1. The fourth-order valence-electron chi connectivity index (χ4n) is 1.54. The van der Waals surface area contributed by atoms with Crippen molar-refractivity contribution in [1.82, 2.24) is 0 Å². The van der Waals surface area contributed by atoms with Gasteiger partial charge in [0.05, 0.1) is 4.92 Å². The number of ether oxygens (including phenoxy) is 1. The molecule has 0 spiro atoms. The topological polar surface area (TPSA) is 110 Å². The van der Waals surface area contributed by atoms with Crippen molar-refractivity contribution in [3.8, 4) is 5.75 Å². The number of halogens is 2. The lowest BCUT2D eigenvalue weighted by Crippen LogP contribution is -2.13. The molecule has 9 heteroatoms. The molecule has 1 unspecified atom stereocenters. The highest BCUT2D eigenvalue weighted by molar-refractivity contribution is 5.76. The molecule has 0 aromatic heterocycles. The van der Waals surface area contributed by atoms with E-state index in [2.05, 4.69) is 4.74 Å². The molecule has 0 bridgehead atoms. The zero-order chi connectivity index (χ0) is 14.7. The maximum absolute atomic E-state index is 12.1. The lowest BCUT2D eigenvalue weighted by molar-refractivity contribution is -0.387. The molecule has 1 aromatic carbocycles. The second-order valence-corrected chi connectivity index (χ2v) is 3.50. The molecule has 104 valence electrons. The van der Waals surface area contributed by atoms with Crippen LogP contribution in [-0.4, -0.2) is 27.7 Å². The highest BCUT2D eigenvalue weighted by Crippen LogP contribution is 2.36. The van der Waals surface area contributed by atoms with Crippen molar-refractivity contribution in [2.75, 3.05) is 0 Å². The van der Waals surface area contributed by atoms with Crippen LogP contribution in [0.4, 0.5) is 14.5 Å². The zero-order valence-corrected chi connectivity index (χ0v) is 9.54. The van der Waals surface area contributed by atoms with Crippen molar-refractivity contribution in [2.24, 2.45) is 0 Å². The van der Waals surface area contributed by atoms with Crippen molar-refractivity contribution in [3.05, 3.63) is 33.4 Å². The van der Waals surface area contributed by atoms with Gasteiger partial charge in [0.2, 0.25) is 5.75 Å². The Bertz CT molecular complexity index is 519. The fourth-order valence-corrected chi connectivity index (χ4v) is 1.54. The monoisotopic (exact) mass is 277 g/mol. The maximum Gasteiger partial charge on any atom is 0.387 e. The summed E-state index contributed by atoms with van der Waals surface area (Å²) in [5, 5.41) is 28.8. The number of aliphatic carboxylic acids is 1. The van der Waals surface area contributed by atoms with Gasteiger partial charge >= 0.3 is 18.3 Å². The minimum atomic E-state index is -3.26. The molecule has 0 saturated carbocycles. The van der Waals surface area contributed by atoms with Gasteiger partial charge in [-0.2, -0.15) is 8.78 Å². The lowest BCUT2D eigenvalue weighted by Gasteiger charge is -2.12. The van der Waals surface area contributed by atoms with Crippen LogP contribution in [0, 0.1) is 17.0 Å². The smallest absolute Gasteiger partial charge is 0.387 e. The van der Waals surface area contributed by atoms with Gasteiger partial charge in [0.15, 0.2) is 6.10 Å². The maximum atomic E-state index is 12.1. The fraction of sp³-hybridized carbons (Fsp3) is 0.300. The Hall–Kier alpha value is -2.29. The van der Waals surface area contributed by atoms with E-state index in [0.717, 1.165) is 19.1 Å². The summed E-state index contributed by atoms with van der Waals surface area (Å²) in [7, 11) is 0. The predicted octanol–water partition coefficient (Wildman–Crippen LogP) is 1.62. The second-order valence-electron chi connectivity index (χ2n) is 3.50. The van der Waals surface area contributed by atoms with Crippen molar-refractivity contribution >= 4 is 11.7 Å². The normalized spacial score (nSPS) is 12.3. The minimum absolute atomic E-state index is 0.252. The molecular formula is C10H9F2NO6. The minimum Gasteiger partial charge on any atom is -0.479 e. The number of nitro benzene ring substituents is 1. The van der Waals surface area contributed by atoms with Crippen LogP contribution in [0.2, 0.25) is 0 Å². The number of nitro groups is 1. The Kier molecular flexibility index (Phi) is 4.33. The van der Waals surface area contributed by atoms with Crippen LogP contribution in [0.5, 0.6) is 5.75 Å². The van der Waals surface area contributed by atoms with E-state index in [9.17, 15) is 28.8 Å². The summed E-state index contributed by atoms with van der Waals surface area (Å²) in [4.78, 5) is 20.5. The molecule has 19 heavy (non-hydrogen) atoms. The Balaban J connectivity index is 3.39. The van der Waals surface area contributed by atoms with E-state index in [0.29, 0.717) is 0 Å². The number of hydrogen-bond donors (Lipinski definition) is 2. The average molecular weight is 277 g/mol. The van der Waals surface area contributed by atoms with Gasteiger partial charge in [-0.15, -0.1) is 0 Å². The molecule has 2 N–H and O–H groups in total. The quantitative estimate of drug-likeness (QED) is 0.625. The number of benzene rings is 1. The molecule has 0 aliphatic carbocycles. The Morgan fingerprint density at radius 3 is 2.47 bits per heavy atom. The van der Waals surface area contributed by atoms with E-state index in [-0.39, 0.29) is 11.1 Å². The summed E-state index contributed by atoms with van der Waals surface area (Å²) in [6.45, 7) is -2.12. The van der Waals surface area contributed by atoms with Crippen LogP contribution in [0.1, 0.15) is 17.2 Å². The van der Waals surface area contributed by atoms with E-state index in [1.54, 1.807) is 0 Å². The van der Waals surface area contributed by atoms with E-state index < -0.39 is 35.0 Å². The van der Waals surface area contributed by atoms with Crippen molar-refractivity contribution in [1.29, 1.82) is 0 Å². The number of carboxylic acid groups (broad SMARTS) is 1. The summed E-state index contributed by atoms with van der Waals surface area (Å²) < 4.78 is 28.2. The van der Waals surface area contributed by atoms with Crippen LogP contribution < -0.4 is 4.74 Å². The summed E-state index contributed by atoms with van der Waals surface area (Å²) in [6.07, 6.45) is -1.99. The molecule has 0 amide bonds. The molecule has 7 nitrogen and oxygen atoms in total. The van der Waals surface area contributed by atoms with Gasteiger partial charge in [-0.1, -0.05) is 6.07 Å². The van der Waals surface area contributed by atoms with E-state index >= 15 is 0 Å². The lowest BCUT2D eigenvalue weighted by atomic mass is 10.0. The van der Waals surface area contributed by atoms with E-state index in [4.69, 9.17) is 5.11 Å². The first-order chi connectivity index (χ1) is 8.75. The zero-order valence-electron chi connectivity index (χ0n) is 9.54. The van der Waals surface area contributed by atoms with Crippen molar-refractivity contribution in [2.45, 2.75) is 19.6 Å². The molecule has 0 saturated heterocycles. The van der Waals surface area contributed by atoms with E-state index in [1.807, 2.05) is 0 Å². The number of alkyl halides is 2. The molecule has 1 aromatic rings. The third-order valence-corrected chi connectivity index (χ3v) is 2.36. The first-order valence-corrected chi connectivity index (χ1v) is 4.89. The predicted molar refractivity (Wildman–Crippen MR) is 57.1 cm³/mol. The molecule has 0 fully saturated rings. The summed E-state index contributed by atoms with van der Waals surface area (Å²) in [5.74, 6) is -2.31. The van der Waals surface area contributed by atoms with E-state index in [1.165, 1.54) is 0 Å². The van der Waals surface area contributed by atoms with Crippen LogP contribution in [0.25, 0.3) is 0 Å². The summed E-state index contributed by atoms with van der Waals surface area (Å²) in [6, 6.07) is 1.80. The van der Waals surface area contributed by atoms with Crippen LogP contribution in [0.3, 0.4) is 0 Å². The van der Waals surface area contributed by atoms with Crippen LogP contribution >= 0.6 is 0 Å². The standard InChI is InChI=1S/C10H9F2NO6/c1-4-5(8(14)9(15)16)2-3-6(19-10(11)12)7(4)13(17)18/h2-3,8,10,14H,1H3,(H,15,16). The van der Waals surface area contributed by atoms with Crippen LogP contribution in [-0.2, 0) is 4.79 Å². The van der Waals surface area contributed by atoms with Gasteiger partial charge < -0.3 is 14.9 Å². The molecule has 1 rings (SSSR count). The van der Waals surface area contributed by atoms with Gasteiger partial charge in [-0.05, 0) is 13.0 Å². The molecule has 0 radical (unpaired) electrons. The number of aliphatic hydroxyl groups excluding tert-OH is 1. The van der Waals surface area contributed by atoms with Gasteiger partial charge in [0, 0.05) is 11.1 Å². The van der Waals surface area contributed by atoms with Gasteiger partial charge in [-0.3, -0.25) is 10.1 Å². The third kappa shape index (κ3) is 3.13. The molecule has 0 aliphatic rings. The number of rotatable bonds is 5. The Morgan fingerprint density at radius 1 is 1.47 bits per heavy atom. The van der Waals surface area contributed by atoms with Gasteiger partial charge in [-0.25, -0.2) is 4.79 Å². The average Bonchev–Trinajstić information content (AvgIpc) is 2.26. The Morgan fingerprint density at radius 2 is 2.05 bits per heavy atom. The van der Waals surface area contributed by atoms with Crippen molar-refractivity contribution in [3.63, 3.8) is 0 Å². The number of nitrogens with zero attached hydrogens (tertiary/aromatic N) is 1. The number of hydrogen-bond acceptors (Lipinski definition) is 5. The molecule has 1 atom stereocenters.